The first-order valence-corrected chi connectivity index (χ1v) is 9.82. The van der Waals surface area contributed by atoms with Crippen LogP contribution in [0.15, 0.2) is 17.0 Å². The molecule has 0 aliphatic carbocycles. The fourth-order valence-electron chi connectivity index (χ4n) is 2.94. The van der Waals surface area contributed by atoms with E-state index in [-0.39, 0.29) is 27.1 Å². The van der Waals surface area contributed by atoms with Gasteiger partial charge in [0.05, 0.1) is 12.1 Å². The Balaban J connectivity index is 2.30. The predicted octanol–water partition coefficient (Wildman–Crippen LogP) is 2.01. The maximum Gasteiger partial charge on any atom is 0.339 e. The molecule has 0 radical (unpaired) electrons. The van der Waals surface area contributed by atoms with Gasteiger partial charge in [-0.1, -0.05) is 18.5 Å². The van der Waals surface area contributed by atoms with E-state index in [1.54, 1.807) is 0 Å². The average molecular weight is 391 g/mol. The molecule has 1 heterocycles. The summed E-state index contributed by atoms with van der Waals surface area (Å²) in [5, 5.41) is 9.05. The van der Waals surface area contributed by atoms with E-state index in [4.69, 9.17) is 21.4 Å². The van der Waals surface area contributed by atoms with Crippen LogP contribution in [0, 0.1) is 5.92 Å². The molecule has 9 heteroatoms. The van der Waals surface area contributed by atoms with Crippen molar-refractivity contribution in [3.63, 3.8) is 0 Å². The van der Waals surface area contributed by atoms with Crippen molar-refractivity contribution in [2.75, 3.05) is 40.3 Å². The SMILES string of the molecule is CCN(C)CC1CCN(S(=O)(=O)c2cc(OC)c(C(=O)O)cc2Cl)C1. The first-order chi connectivity index (χ1) is 11.7. The molecule has 0 amide bonds. The van der Waals surface area contributed by atoms with Crippen molar-refractivity contribution in [2.45, 2.75) is 18.2 Å². The summed E-state index contributed by atoms with van der Waals surface area (Å²) in [6.45, 7) is 4.63. The molecule has 140 valence electrons. The van der Waals surface area contributed by atoms with E-state index in [1.165, 1.54) is 17.5 Å². The largest absolute Gasteiger partial charge is 0.496 e. The van der Waals surface area contributed by atoms with Crippen LogP contribution in [-0.4, -0.2) is 69.0 Å². The topological polar surface area (TPSA) is 87.2 Å². The highest BCUT2D eigenvalue weighted by atomic mass is 35.5. The molecular weight excluding hydrogens is 368 g/mol. The molecule has 1 fully saturated rings. The van der Waals surface area contributed by atoms with Gasteiger partial charge in [0.15, 0.2) is 0 Å². The second-order valence-electron chi connectivity index (χ2n) is 6.16. The van der Waals surface area contributed by atoms with Crippen molar-refractivity contribution in [1.29, 1.82) is 0 Å². The van der Waals surface area contributed by atoms with Gasteiger partial charge in [-0.2, -0.15) is 4.31 Å². The summed E-state index contributed by atoms with van der Waals surface area (Å²) in [6.07, 6.45) is 0.783. The molecule has 0 aromatic heterocycles. The number of benzene rings is 1. The number of hydrogen-bond acceptors (Lipinski definition) is 5. The number of methoxy groups -OCH3 is 1. The van der Waals surface area contributed by atoms with Crippen LogP contribution in [0.5, 0.6) is 5.75 Å². The summed E-state index contributed by atoms with van der Waals surface area (Å²) in [4.78, 5) is 13.2. The quantitative estimate of drug-likeness (QED) is 0.766. The van der Waals surface area contributed by atoms with Crippen molar-refractivity contribution >= 4 is 27.6 Å². The van der Waals surface area contributed by atoms with Crippen LogP contribution in [0.3, 0.4) is 0 Å². The van der Waals surface area contributed by atoms with Crippen LogP contribution >= 0.6 is 11.6 Å². The minimum absolute atomic E-state index is 0.0306. The molecule has 1 aromatic rings. The van der Waals surface area contributed by atoms with E-state index in [0.29, 0.717) is 13.1 Å². The molecule has 0 bridgehead atoms. The molecule has 1 atom stereocenters. The molecule has 1 saturated heterocycles. The van der Waals surface area contributed by atoms with Gasteiger partial charge in [-0.25, -0.2) is 13.2 Å². The normalized spacial score (nSPS) is 18.7. The van der Waals surface area contributed by atoms with Gasteiger partial charge in [-0.05, 0) is 32.0 Å². The fraction of sp³-hybridized carbons (Fsp3) is 0.562. The van der Waals surface area contributed by atoms with Gasteiger partial charge in [0.25, 0.3) is 0 Å². The molecule has 7 nitrogen and oxygen atoms in total. The monoisotopic (exact) mass is 390 g/mol. The van der Waals surface area contributed by atoms with Gasteiger partial charge in [0, 0.05) is 25.7 Å². The number of nitrogens with zero attached hydrogens (tertiary/aromatic N) is 2. The second-order valence-corrected chi connectivity index (χ2v) is 8.47. The summed E-state index contributed by atoms with van der Waals surface area (Å²) < 4.78 is 32.3. The number of sulfonamides is 1. The number of ether oxygens (including phenoxy) is 1. The average Bonchev–Trinajstić information content (AvgIpc) is 3.03. The lowest BCUT2D eigenvalue weighted by molar-refractivity contribution is 0.0693. The van der Waals surface area contributed by atoms with Gasteiger partial charge in [-0.3, -0.25) is 0 Å². The predicted molar refractivity (Wildman–Crippen MR) is 95.0 cm³/mol. The van der Waals surface area contributed by atoms with Crippen molar-refractivity contribution in [1.82, 2.24) is 9.21 Å². The Morgan fingerprint density at radius 2 is 2.16 bits per heavy atom. The summed E-state index contributed by atoms with van der Waals surface area (Å²) >= 11 is 6.08. The standard InChI is InChI=1S/C16H23ClN2O5S/c1-4-18(2)9-11-5-6-19(10-11)25(22,23)15-8-14(24-3)12(16(20)21)7-13(15)17/h7-8,11H,4-6,9-10H2,1-3H3,(H,20,21). The summed E-state index contributed by atoms with van der Waals surface area (Å²) in [5.41, 5.74) is -0.171. The van der Waals surface area contributed by atoms with Gasteiger partial charge in [0.2, 0.25) is 10.0 Å². The highest BCUT2D eigenvalue weighted by Crippen LogP contribution is 2.34. The van der Waals surface area contributed by atoms with Crippen molar-refractivity contribution in [3.8, 4) is 5.75 Å². The molecule has 1 aromatic carbocycles. The van der Waals surface area contributed by atoms with Gasteiger partial charge in [-0.15, -0.1) is 0 Å². The third kappa shape index (κ3) is 4.25. The van der Waals surface area contributed by atoms with Crippen LogP contribution in [0.1, 0.15) is 23.7 Å². The Morgan fingerprint density at radius 1 is 1.48 bits per heavy atom. The lowest BCUT2D eigenvalue weighted by Gasteiger charge is -2.21. The zero-order valence-corrected chi connectivity index (χ0v) is 16.1. The van der Waals surface area contributed by atoms with E-state index in [0.717, 1.165) is 25.6 Å². The minimum atomic E-state index is -3.81. The first kappa shape index (κ1) is 20.0. The molecule has 0 saturated carbocycles. The van der Waals surface area contributed by atoms with Gasteiger partial charge < -0.3 is 14.7 Å². The minimum Gasteiger partial charge on any atom is -0.496 e. The number of hydrogen-bond donors (Lipinski definition) is 1. The smallest absolute Gasteiger partial charge is 0.339 e. The second kappa shape index (κ2) is 7.90. The Kier molecular flexibility index (Phi) is 6.31. The van der Waals surface area contributed by atoms with E-state index in [2.05, 4.69) is 11.8 Å². The van der Waals surface area contributed by atoms with Crippen molar-refractivity contribution in [2.24, 2.45) is 5.92 Å². The molecule has 25 heavy (non-hydrogen) atoms. The third-order valence-electron chi connectivity index (χ3n) is 4.46. The molecule has 1 N–H and O–H groups in total. The van der Waals surface area contributed by atoms with Gasteiger partial charge >= 0.3 is 5.97 Å². The number of aromatic carboxylic acids is 1. The van der Waals surface area contributed by atoms with Crippen LogP contribution in [0.25, 0.3) is 0 Å². The van der Waals surface area contributed by atoms with Crippen LogP contribution < -0.4 is 4.74 Å². The van der Waals surface area contributed by atoms with E-state index < -0.39 is 16.0 Å². The lowest BCUT2D eigenvalue weighted by atomic mass is 10.1. The molecule has 1 unspecified atom stereocenters. The Labute approximate surface area is 153 Å². The third-order valence-corrected chi connectivity index (χ3v) is 6.79. The van der Waals surface area contributed by atoms with E-state index >= 15 is 0 Å². The van der Waals surface area contributed by atoms with Gasteiger partial charge in [0.1, 0.15) is 16.2 Å². The number of carboxylic acid groups (broad SMARTS) is 1. The number of halogens is 1. The Morgan fingerprint density at radius 3 is 2.72 bits per heavy atom. The summed E-state index contributed by atoms with van der Waals surface area (Å²) in [7, 11) is -0.516. The van der Waals surface area contributed by atoms with Crippen molar-refractivity contribution < 1.29 is 23.1 Å². The highest BCUT2D eigenvalue weighted by Gasteiger charge is 2.35. The molecule has 1 aliphatic rings. The van der Waals surface area contributed by atoms with Crippen molar-refractivity contribution in [3.05, 3.63) is 22.7 Å². The maximum absolute atomic E-state index is 12.9. The maximum atomic E-state index is 12.9. The molecule has 0 spiro atoms. The van der Waals surface area contributed by atoms with Crippen LogP contribution in [0.4, 0.5) is 0 Å². The summed E-state index contributed by atoms with van der Waals surface area (Å²) in [5.74, 6) is -0.998. The first-order valence-electron chi connectivity index (χ1n) is 8.00. The van der Waals surface area contributed by atoms with E-state index in [9.17, 15) is 13.2 Å². The highest BCUT2D eigenvalue weighted by molar-refractivity contribution is 7.89. The lowest BCUT2D eigenvalue weighted by Crippen LogP contribution is -2.32. The number of rotatable bonds is 7. The summed E-state index contributed by atoms with van der Waals surface area (Å²) in [6, 6.07) is 2.31. The Bertz CT molecular complexity index is 753. The molecule has 1 aliphatic heterocycles. The Hall–Kier alpha value is -1.35. The zero-order valence-electron chi connectivity index (χ0n) is 14.5. The van der Waals surface area contributed by atoms with Crippen LogP contribution in [-0.2, 0) is 10.0 Å². The van der Waals surface area contributed by atoms with Crippen LogP contribution in [0.2, 0.25) is 5.02 Å². The van der Waals surface area contributed by atoms with E-state index in [1.807, 2.05) is 7.05 Å². The number of carbonyl (C=O) groups is 1. The zero-order chi connectivity index (χ0) is 18.8. The molecular formula is C16H23ClN2O5S. The fourth-order valence-corrected chi connectivity index (χ4v) is 4.99. The number of carboxylic acids is 1. The molecule has 2 rings (SSSR count).